The number of thiazole rings is 1. The van der Waals surface area contributed by atoms with Crippen LogP contribution < -0.4 is 10.6 Å². The van der Waals surface area contributed by atoms with Crippen LogP contribution in [0.1, 0.15) is 25.2 Å². The summed E-state index contributed by atoms with van der Waals surface area (Å²) in [6.45, 7) is 10.7. The normalized spacial score (nSPS) is 11.0. The first-order valence-electron chi connectivity index (χ1n) is 8.30. The Morgan fingerprint density at radius 2 is 1.79 bits per heavy atom. The zero-order valence-electron chi connectivity index (χ0n) is 14.7. The summed E-state index contributed by atoms with van der Waals surface area (Å²) in [6, 6.07) is 10.9. The molecule has 0 amide bonds. The molecule has 0 unspecified atom stereocenters. The van der Waals surface area contributed by atoms with Crippen LogP contribution in [-0.2, 0) is 0 Å². The molecule has 3 rings (SSSR count). The van der Waals surface area contributed by atoms with Crippen LogP contribution in [0.3, 0.4) is 0 Å². The number of anilines is 2. The Balaban J connectivity index is 1.99. The summed E-state index contributed by atoms with van der Waals surface area (Å²) >= 11 is 1.48. The zero-order valence-corrected chi connectivity index (χ0v) is 15.5. The first kappa shape index (κ1) is 16.6. The highest BCUT2D eigenvalue weighted by molar-refractivity contribution is 7.13. The van der Waals surface area contributed by atoms with Gasteiger partial charge < -0.3 is 15.2 Å². The van der Waals surface area contributed by atoms with Crippen LogP contribution >= 0.6 is 11.3 Å². The Labute approximate surface area is 147 Å². The van der Waals surface area contributed by atoms with Crippen LogP contribution in [0.4, 0.5) is 10.8 Å². The summed E-state index contributed by atoms with van der Waals surface area (Å²) in [4.78, 5) is 6.78. The van der Waals surface area contributed by atoms with Crippen molar-refractivity contribution in [1.29, 1.82) is 0 Å². The van der Waals surface area contributed by atoms with Crippen LogP contribution in [0.25, 0.3) is 16.9 Å². The lowest BCUT2D eigenvalue weighted by Crippen LogP contribution is -2.21. The number of hydrogen-bond donors (Lipinski definition) is 1. The monoisotopic (exact) mass is 340 g/mol. The molecule has 0 aliphatic heterocycles. The molecular formula is C19H24N4S. The van der Waals surface area contributed by atoms with Gasteiger partial charge in [-0.2, -0.15) is 0 Å². The van der Waals surface area contributed by atoms with Crippen molar-refractivity contribution < 1.29 is 0 Å². The van der Waals surface area contributed by atoms with E-state index >= 15 is 0 Å². The maximum Gasteiger partial charge on any atom is 0.180 e. The fraction of sp³-hybridized carbons (Fsp3) is 0.316. The van der Waals surface area contributed by atoms with Crippen LogP contribution in [-0.4, -0.2) is 22.6 Å². The lowest BCUT2D eigenvalue weighted by molar-refractivity contribution is 0.865. The molecule has 0 saturated heterocycles. The molecule has 3 aromatic rings. The summed E-state index contributed by atoms with van der Waals surface area (Å²) < 4.78 is 2.27. The van der Waals surface area contributed by atoms with E-state index in [4.69, 9.17) is 5.73 Å². The Morgan fingerprint density at radius 3 is 2.33 bits per heavy atom. The van der Waals surface area contributed by atoms with Crippen LogP contribution in [0.2, 0.25) is 0 Å². The van der Waals surface area contributed by atoms with E-state index in [1.54, 1.807) is 0 Å². The third-order valence-electron chi connectivity index (χ3n) is 4.47. The Bertz CT molecular complexity index is 826. The highest BCUT2D eigenvalue weighted by Crippen LogP contribution is 2.31. The van der Waals surface area contributed by atoms with E-state index in [1.807, 2.05) is 5.38 Å². The Morgan fingerprint density at radius 1 is 1.12 bits per heavy atom. The van der Waals surface area contributed by atoms with Crippen molar-refractivity contribution in [1.82, 2.24) is 9.55 Å². The standard InChI is InChI=1S/C19H24N4S/c1-5-22(6-2)15-7-9-16(10-8-15)23-13(3)11-17(14(23)4)18-12-24-19(20)21-18/h7-12H,5-6H2,1-4H3,(H2,20,21). The van der Waals surface area contributed by atoms with Crippen LogP contribution in [0.5, 0.6) is 0 Å². The molecule has 2 aromatic heterocycles. The van der Waals surface area contributed by atoms with Gasteiger partial charge in [-0.3, -0.25) is 0 Å². The number of hydrogen-bond acceptors (Lipinski definition) is 4. The molecule has 0 aliphatic rings. The van der Waals surface area contributed by atoms with Gasteiger partial charge in [0, 0.05) is 46.8 Å². The molecule has 24 heavy (non-hydrogen) atoms. The van der Waals surface area contributed by atoms with Crippen molar-refractivity contribution in [3.63, 3.8) is 0 Å². The number of nitrogen functional groups attached to an aromatic ring is 1. The third-order valence-corrected chi connectivity index (χ3v) is 5.14. The first-order valence-corrected chi connectivity index (χ1v) is 9.18. The summed E-state index contributed by atoms with van der Waals surface area (Å²) in [6.07, 6.45) is 0. The lowest BCUT2D eigenvalue weighted by Gasteiger charge is -2.21. The second-order valence-electron chi connectivity index (χ2n) is 5.88. The Hall–Kier alpha value is -2.27. The predicted molar refractivity (Wildman–Crippen MR) is 104 cm³/mol. The maximum absolute atomic E-state index is 5.79. The van der Waals surface area contributed by atoms with Crippen LogP contribution in [0.15, 0.2) is 35.7 Å². The smallest absolute Gasteiger partial charge is 0.180 e. The van der Waals surface area contributed by atoms with Crippen molar-refractivity contribution >= 4 is 22.2 Å². The summed E-state index contributed by atoms with van der Waals surface area (Å²) in [5, 5.41) is 2.63. The molecule has 0 spiro atoms. The molecule has 5 heteroatoms. The largest absolute Gasteiger partial charge is 0.375 e. The predicted octanol–water partition coefficient (Wildman–Crippen LogP) is 4.65. The van der Waals surface area contributed by atoms with E-state index < -0.39 is 0 Å². The summed E-state index contributed by atoms with van der Waals surface area (Å²) in [7, 11) is 0. The molecule has 2 heterocycles. The molecule has 0 bridgehead atoms. The van der Waals surface area contributed by atoms with Gasteiger partial charge in [0.25, 0.3) is 0 Å². The van der Waals surface area contributed by atoms with Gasteiger partial charge in [-0.1, -0.05) is 0 Å². The van der Waals surface area contributed by atoms with E-state index in [-0.39, 0.29) is 0 Å². The van der Waals surface area contributed by atoms with E-state index in [9.17, 15) is 0 Å². The van der Waals surface area contributed by atoms with Gasteiger partial charge in [-0.25, -0.2) is 4.98 Å². The number of rotatable bonds is 5. The molecule has 1 aromatic carbocycles. The number of nitrogens with zero attached hydrogens (tertiary/aromatic N) is 3. The first-order chi connectivity index (χ1) is 11.5. The number of aromatic nitrogens is 2. The maximum atomic E-state index is 5.79. The quantitative estimate of drug-likeness (QED) is 0.735. The average molecular weight is 340 g/mol. The van der Waals surface area contributed by atoms with Gasteiger partial charge in [0.2, 0.25) is 0 Å². The van der Waals surface area contributed by atoms with Crippen molar-refractivity contribution in [3.8, 4) is 16.9 Å². The van der Waals surface area contributed by atoms with Gasteiger partial charge in [0.1, 0.15) is 0 Å². The zero-order chi connectivity index (χ0) is 17.3. The van der Waals surface area contributed by atoms with E-state index in [0.717, 1.165) is 24.3 Å². The van der Waals surface area contributed by atoms with Gasteiger partial charge in [0.15, 0.2) is 5.13 Å². The minimum Gasteiger partial charge on any atom is -0.375 e. The molecule has 0 fully saturated rings. The van der Waals surface area contributed by atoms with Gasteiger partial charge in [-0.05, 0) is 58.0 Å². The molecule has 0 radical (unpaired) electrons. The van der Waals surface area contributed by atoms with E-state index in [2.05, 4.69) is 72.5 Å². The number of nitrogens with two attached hydrogens (primary N) is 1. The van der Waals surface area contributed by atoms with Gasteiger partial charge >= 0.3 is 0 Å². The molecule has 126 valence electrons. The minimum atomic E-state index is 0.610. The van der Waals surface area contributed by atoms with Crippen molar-refractivity contribution in [2.24, 2.45) is 0 Å². The fourth-order valence-corrected chi connectivity index (χ4v) is 3.80. The van der Waals surface area contributed by atoms with E-state index in [1.165, 1.54) is 34.1 Å². The molecule has 0 atom stereocenters. The van der Waals surface area contributed by atoms with Crippen molar-refractivity contribution in [2.75, 3.05) is 23.7 Å². The fourth-order valence-electron chi connectivity index (χ4n) is 3.23. The van der Waals surface area contributed by atoms with Gasteiger partial charge in [-0.15, -0.1) is 11.3 Å². The molecule has 2 N–H and O–H groups in total. The molecule has 4 nitrogen and oxygen atoms in total. The number of aryl methyl sites for hydroxylation is 1. The Kier molecular flexibility index (Phi) is 4.62. The summed E-state index contributed by atoms with van der Waals surface area (Å²) in [5.41, 5.74) is 12.7. The van der Waals surface area contributed by atoms with Crippen molar-refractivity contribution in [2.45, 2.75) is 27.7 Å². The average Bonchev–Trinajstić information content (AvgIpc) is 3.13. The van der Waals surface area contributed by atoms with E-state index in [0.29, 0.717) is 5.13 Å². The van der Waals surface area contributed by atoms with Gasteiger partial charge in [0.05, 0.1) is 5.69 Å². The second-order valence-corrected chi connectivity index (χ2v) is 6.77. The highest BCUT2D eigenvalue weighted by atomic mass is 32.1. The topological polar surface area (TPSA) is 47.1 Å². The summed E-state index contributed by atoms with van der Waals surface area (Å²) in [5.74, 6) is 0. The molecule has 0 aliphatic carbocycles. The second kappa shape index (κ2) is 6.69. The highest BCUT2D eigenvalue weighted by Gasteiger charge is 2.14. The van der Waals surface area contributed by atoms with Crippen LogP contribution in [0, 0.1) is 13.8 Å². The SMILES string of the molecule is CCN(CC)c1ccc(-n2c(C)cc(-c3csc(N)n3)c2C)cc1. The van der Waals surface area contributed by atoms with Crippen molar-refractivity contribution in [3.05, 3.63) is 47.1 Å². The number of benzene rings is 1. The molecule has 0 saturated carbocycles. The third kappa shape index (κ3) is 2.91. The molecular weight excluding hydrogens is 316 g/mol. The lowest BCUT2D eigenvalue weighted by atomic mass is 10.2. The minimum absolute atomic E-state index is 0.610.